The number of carbonyl (C=O) groups is 4. The van der Waals surface area contributed by atoms with Gasteiger partial charge in [0, 0.05) is 38.9 Å². The maximum absolute atomic E-state index is 13.1. The third kappa shape index (κ3) is 4.01. The van der Waals surface area contributed by atoms with Crippen molar-refractivity contribution in [2.24, 2.45) is 0 Å². The van der Waals surface area contributed by atoms with Crippen molar-refractivity contribution < 1.29 is 23.6 Å². The van der Waals surface area contributed by atoms with E-state index in [0.717, 1.165) is 24.2 Å². The summed E-state index contributed by atoms with van der Waals surface area (Å²) in [6, 6.07) is 4.75. The van der Waals surface area contributed by atoms with Crippen molar-refractivity contribution in [1.29, 1.82) is 0 Å². The first kappa shape index (κ1) is 22.0. The fourth-order valence-corrected chi connectivity index (χ4v) is 4.80. The van der Waals surface area contributed by atoms with Crippen LogP contribution in [-0.4, -0.2) is 88.8 Å². The van der Waals surface area contributed by atoms with E-state index in [4.69, 9.17) is 0 Å². The van der Waals surface area contributed by atoms with Crippen molar-refractivity contribution in [2.45, 2.75) is 37.6 Å². The average Bonchev–Trinajstić information content (AvgIpc) is 2.97. The highest BCUT2D eigenvalue weighted by Gasteiger charge is 2.56. The molecule has 0 bridgehead atoms. The van der Waals surface area contributed by atoms with Crippen molar-refractivity contribution in [1.82, 2.24) is 19.6 Å². The minimum absolute atomic E-state index is 0.268. The second-order valence-corrected chi connectivity index (χ2v) is 8.63. The normalized spacial score (nSPS) is 20.8. The summed E-state index contributed by atoms with van der Waals surface area (Å²) >= 11 is 0. The van der Waals surface area contributed by atoms with Gasteiger partial charge in [0.1, 0.15) is 17.9 Å². The molecule has 1 aliphatic carbocycles. The van der Waals surface area contributed by atoms with Gasteiger partial charge in [0.15, 0.2) is 0 Å². The molecule has 1 aromatic rings. The number of imide groups is 1. The molecule has 6 amide bonds. The van der Waals surface area contributed by atoms with E-state index in [-0.39, 0.29) is 30.2 Å². The largest absolute Gasteiger partial charge is 0.338 e. The SMILES string of the molecule is CN1C(=O)N(CC(=O)N2CCN(C(=O)Nc3ccc(F)cc3)CC2)C(=O)C12CCCCC2. The fourth-order valence-electron chi connectivity index (χ4n) is 4.80. The Morgan fingerprint density at radius 1 is 0.969 bits per heavy atom. The smallest absolute Gasteiger partial charge is 0.327 e. The summed E-state index contributed by atoms with van der Waals surface area (Å²) in [4.78, 5) is 56.8. The maximum atomic E-state index is 13.1. The van der Waals surface area contributed by atoms with Gasteiger partial charge in [0.2, 0.25) is 5.91 Å². The molecule has 0 atom stereocenters. The van der Waals surface area contributed by atoms with E-state index in [1.54, 1.807) is 16.8 Å². The van der Waals surface area contributed by atoms with Crippen LogP contribution in [0.2, 0.25) is 0 Å². The topological polar surface area (TPSA) is 93.3 Å². The number of rotatable bonds is 3. The van der Waals surface area contributed by atoms with Gasteiger partial charge in [-0.05, 0) is 37.1 Å². The van der Waals surface area contributed by atoms with E-state index in [1.165, 1.54) is 29.2 Å². The molecular weight excluding hydrogens is 417 g/mol. The summed E-state index contributed by atoms with van der Waals surface area (Å²) in [6.07, 6.45) is 4.12. The van der Waals surface area contributed by atoms with Crippen molar-refractivity contribution >= 4 is 29.6 Å². The van der Waals surface area contributed by atoms with Crippen LogP contribution in [-0.2, 0) is 9.59 Å². The molecule has 0 unspecified atom stereocenters. The second kappa shape index (κ2) is 8.76. The first-order valence-corrected chi connectivity index (χ1v) is 11.0. The van der Waals surface area contributed by atoms with Crippen LogP contribution < -0.4 is 5.32 Å². The molecule has 1 saturated carbocycles. The number of nitrogens with one attached hydrogen (secondary N) is 1. The standard InChI is InChI=1S/C22H28FN5O4/c1-25-21(32)28(19(30)22(25)9-3-2-4-10-22)15-18(29)26-11-13-27(14-12-26)20(31)24-17-7-5-16(23)6-8-17/h5-8H,2-4,9-15H2,1H3,(H,24,31). The van der Waals surface area contributed by atoms with Crippen LogP contribution in [0.15, 0.2) is 24.3 Å². The van der Waals surface area contributed by atoms with Gasteiger partial charge in [0.25, 0.3) is 5.91 Å². The van der Waals surface area contributed by atoms with Crippen LogP contribution in [0.3, 0.4) is 0 Å². The van der Waals surface area contributed by atoms with Crippen LogP contribution >= 0.6 is 0 Å². The zero-order valence-corrected chi connectivity index (χ0v) is 18.2. The van der Waals surface area contributed by atoms with Gasteiger partial charge in [-0.2, -0.15) is 0 Å². The summed E-state index contributed by atoms with van der Waals surface area (Å²) in [7, 11) is 1.65. The number of piperazine rings is 1. The van der Waals surface area contributed by atoms with Gasteiger partial charge in [-0.25, -0.2) is 14.0 Å². The number of benzene rings is 1. The van der Waals surface area contributed by atoms with Crippen LogP contribution in [0, 0.1) is 5.82 Å². The minimum atomic E-state index is -0.799. The van der Waals surface area contributed by atoms with Crippen molar-refractivity contribution in [3.05, 3.63) is 30.1 Å². The lowest BCUT2D eigenvalue weighted by atomic mass is 9.81. The monoisotopic (exact) mass is 445 g/mol. The number of likely N-dealkylation sites (N-methyl/N-ethyl adjacent to an activating group) is 1. The molecular formula is C22H28FN5O4. The Balaban J connectivity index is 1.31. The molecule has 1 aromatic carbocycles. The number of halogens is 1. The van der Waals surface area contributed by atoms with Gasteiger partial charge < -0.3 is 20.0 Å². The van der Waals surface area contributed by atoms with Gasteiger partial charge in [-0.3, -0.25) is 14.5 Å². The molecule has 2 heterocycles. The second-order valence-electron chi connectivity index (χ2n) is 8.63. The third-order valence-corrected chi connectivity index (χ3v) is 6.79. The molecule has 2 saturated heterocycles. The number of nitrogens with zero attached hydrogens (tertiary/aromatic N) is 4. The Morgan fingerprint density at radius 2 is 1.56 bits per heavy atom. The summed E-state index contributed by atoms with van der Waals surface area (Å²) in [6.45, 7) is 1.00. The van der Waals surface area contributed by atoms with Crippen LogP contribution in [0.1, 0.15) is 32.1 Å². The fraction of sp³-hybridized carbons (Fsp3) is 0.545. The Kier molecular flexibility index (Phi) is 6.03. The Hall–Kier alpha value is -3.17. The number of anilines is 1. The molecule has 1 N–H and O–H groups in total. The number of urea groups is 2. The molecule has 2 aliphatic heterocycles. The van der Waals surface area contributed by atoms with Crippen molar-refractivity contribution in [3.8, 4) is 0 Å². The molecule has 0 radical (unpaired) electrons. The summed E-state index contributed by atoms with van der Waals surface area (Å²) < 4.78 is 13.0. The lowest BCUT2D eigenvalue weighted by molar-refractivity contribution is -0.141. The molecule has 10 heteroatoms. The first-order chi connectivity index (χ1) is 15.3. The van der Waals surface area contributed by atoms with Crippen molar-refractivity contribution in [2.75, 3.05) is 45.1 Å². The van der Waals surface area contributed by atoms with E-state index >= 15 is 0 Å². The highest BCUT2D eigenvalue weighted by atomic mass is 19.1. The summed E-state index contributed by atoms with van der Waals surface area (Å²) in [5.74, 6) is -0.951. The van der Waals surface area contributed by atoms with Gasteiger partial charge >= 0.3 is 12.1 Å². The molecule has 9 nitrogen and oxygen atoms in total. The molecule has 172 valence electrons. The van der Waals surface area contributed by atoms with Gasteiger partial charge in [-0.1, -0.05) is 19.3 Å². The Labute approximate surface area is 186 Å². The highest BCUT2D eigenvalue weighted by Crippen LogP contribution is 2.39. The summed E-state index contributed by atoms with van der Waals surface area (Å²) in [5, 5.41) is 2.70. The molecule has 3 fully saturated rings. The summed E-state index contributed by atoms with van der Waals surface area (Å²) in [5.41, 5.74) is -0.311. The van der Waals surface area contributed by atoms with Crippen molar-refractivity contribution in [3.63, 3.8) is 0 Å². The van der Waals surface area contributed by atoms with E-state index < -0.39 is 11.6 Å². The molecule has 4 rings (SSSR count). The Morgan fingerprint density at radius 3 is 2.19 bits per heavy atom. The first-order valence-electron chi connectivity index (χ1n) is 11.0. The van der Waals surface area contributed by atoms with E-state index in [9.17, 15) is 23.6 Å². The van der Waals surface area contributed by atoms with E-state index in [0.29, 0.717) is 44.7 Å². The molecule has 32 heavy (non-hydrogen) atoms. The number of amides is 6. The van der Waals surface area contributed by atoms with Crippen LogP contribution in [0.25, 0.3) is 0 Å². The van der Waals surface area contributed by atoms with Crippen LogP contribution in [0.5, 0.6) is 0 Å². The average molecular weight is 445 g/mol. The quantitative estimate of drug-likeness (QED) is 0.721. The molecule has 3 aliphatic rings. The number of hydrogen-bond donors (Lipinski definition) is 1. The number of carbonyl (C=O) groups excluding carboxylic acids is 4. The van der Waals surface area contributed by atoms with E-state index in [2.05, 4.69) is 5.32 Å². The minimum Gasteiger partial charge on any atom is -0.338 e. The van der Waals surface area contributed by atoms with Gasteiger partial charge in [0.05, 0.1) is 0 Å². The molecule has 1 spiro atoms. The van der Waals surface area contributed by atoms with E-state index in [1.807, 2.05) is 0 Å². The maximum Gasteiger partial charge on any atom is 0.327 e. The predicted octanol–water partition coefficient (Wildman–Crippen LogP) is 2.10. The zero-order valence-electron chi connectivity index (χ0n) is 18.2. The zero-order chi connectivity index (χ0) is 22.9. The lowest BCUT2D eigenvalue weighted by Gasteiger charge is -2.36. The third-order valence-electron chi connectivity index (χ3n) is 6.79. The number of hydrogen-bond acceptors (Lipinski definition) is 4. The predicted molar refractivity (Wildman–Crippen MR) is 114 cm³/mol. The van der Waals surface area contributed by atoms with Gasteiger partial charge in [-0.15, -0.1) is 0 Å². The highest BCUT2D eigenvalue weighted by molar-refractivity contribution is 6.09. The van der Waals surface area contributed by atoms with Crippen LogP contribution in [0.4, 0.5) is 19.7 Å². The Bertz CT molecular complexity index is 907. The lowest BCUT2D eigenvalue weighted by Crippen LogP contribution is -2.54. The molecule has 0 aromatic heterocycles.